The van der Waals surface area contributed by atoms with Gasteiger partial charge in [0.15, 0.2) is 6.61 Å². The number of nitrogens with zero attached hydrogens (tertiary/aromatic N) is 2. The number of methoxy groups -OCH3 is 2. The quantitative estimate of drug-likeness (QED) is 0.815. The van der Waals surface area contributed by atoms with Crippen molar-refractivity contribution in [2.45, 2.75) is 18.9 Å². The van der Waals surface area contributed by atoms with Crippen LogP contribution < -0.4 is 9.47 Å². The van der Waals surface area contributed by atoms with Crippen LogP contribution in [0.5, 0.6) is 11.5 Å². The predicted octanol–water partition coefficient (Wildman–Crippen LogP) is 1.29. The summed E-state index contributed by atoms with van der Waals surface area (Å²) < 4.78 is 15.3. The van der Waals surface area contributed by atoms with Gasteiger partial charge in [-0.3, -0.25) is 9.59 Å². The molecule has 8 nitrogen and oxygen atoms in total. The second kappa shape index (κ2) is 7.00. The van der Waals surface area contributed by atoms with Crippen LogP contribution in [0.1, 0.15) is 23.2 Å². The molecule has 2 aliphatic rings. The third kappa shape index (κ3) is 3.11. The van der Waals surface area contributed by atoms with Crippen molar-refractivity contribution >= 4 is 17.9 Å². The number of rotatable bonds is 4. The van der Waals surface area contributed by atoms with Gasteiger partial charge in [-0.1, -0.05) is 6.07 Å². The molecule has 0 radical (unpaired) electrons. The maximum atomic E-state index is 12.9. The molecule has 0 bridgehead atoms. The zero-order valence-corrected chi connectivity index (χ0v) is 14.2. The van der Waals surface area contributed by atoms with Gasteiger partial charge in [0.2, 0.25) is 0 Å². The topological polar surface area (TPSA) is 85.4 Å². The van der Waals surface area contributed by atoms with E-state index < -0.39 is 6.09 Å². The Bertz CT molecular complexity index is 658. The lowest BCUT2D eigenvalue weighted by molar-refractivity contribution is -0.127. The van der Waals surface area contributed by atoms with Crippen LogP contribution in [0.3, 0.4) is 0 Å². The molecule has 2 saturated heterocycles. The summed E-state index contributed by atoms with van der Waals surface area (Å²) in [5, 5.41) is 0. The first-order valence-corrected chi connectivity index (χ1v) is 8.06. The highest BCUT2D eigenvalue weighted by Crippen LogP contribution is 2.31. The molecule has 3 amide bonds. The highest BCUT2D eigenvalue weighted by atomic mass is 16.6. The van der Waals surface area contributed by atoms with Crippen molar-refractivity contribution in [2.75, 3.05) is 33.9 Å². The van der Waals surface area contributed by atoms with E-state index in [1.165, 1.54) is 19.1 Å². The minimum atomic E-state index is -0.596. The van der Waals surface area contributed by atoms with E-state index >= 15 is 0 Å². The summed E-state index contributed by atoms with van der Waals surface area (Å²) in [4.78, 5) is 39.2. The first-order chi connectivity index (χ1) is 12.1. The second-order valence-corrected chi connectivity index (χ2v) is 5.88. The molecule has 2 aliphatic heterocycles. The lowest BCUT2D eigenvalue weighted by Gasteiger charge is -2.35. The van der Waals surface area contributed by atoms with Crippen molar-refractivity contribution in [2.24, 2.45) is 0 Å². The molecule has 134 valence electrons. The van der Waals surface area contributed by atoms with Crippen molar-refractivity contribution in [3.8, 4) is 11.5 Å². The van der Waals surface area contributed by atoms with Crippen molar-refractivity contribution < 1.29 is 28.6 Å². The summed E-state index contributed by atoms with van der Waals surface area (Å²) >= 11 is 0. The first kappa shape index (κ1) is 17.1. The number of cyclic esters (lactones) is 1. The number of amides is 3. The Morgan fingerprint density at radius 3 is 2.20 bits per heavy atom. The van der Waals surface area contributed by atoms with E-state index in [0.717, 1.165) is 0 Å². The van der Waals surface area contributed by atoms with Gasteiger partial charge < -0.3 is 19.1 Å². The third-order valence-electron chi connectivity index (χ3n) is 4.54. The standard InChI is InChI=1S/C17H20N2O6/c1-23-12-4-3-5-13(24-2)15(12)16(21)18-8-6-11(7-9-18)19-14(20)10-25-17(19)22/h3-5,11H,6-10H2,1-2H3. The van der Waals surface area contributed by atoms with Crippen molar-refractivity contribution in [1.29, 1.82) is 0 Å². The van der Waals surface area contributed by atoms with Crippen LogP contribution in [0.4, 0.5) is 4.79 Å². The molecule has 8 heteroatoms. The van der Waals surface area contributed by atoms with Crippen LogP contribution in [0.2, 0.25) is 0 Å². The van der Waals surface area contributed by atoms with Gasteiger partial charge in [0, 0.05) is 19.1 Å². The maximum Gasteiger partial charge on any atom is 0.417 e. The van der Waals surface area contributed by atoms with E-state index in [1.54, 1.807) is 23.1 Å². The summed E-state index contributed by atoms with van der Waals surface area (Å²) in [5.74, 6) is 0.388. The number of carbonyl (C=O) groups is 3. The molecule has 0 aromatic heterocycles. The Hall–Kier alpha value is -2.77. The Morgan fingerprint density at radius 2 is 1.72 bits per heavy atom. The van der Waals surface area contributed by atoms with Crippen LogP contribution in [0.15, 0.2) is 18.2 Å². The van der Waals surface area contributed by atoms with Crippen LogP contribution in [-0.4, -0.2) is 67.7 Å². The van der Waals surface area contributed by atoms with E-state index in [0.29, 0.717) is 43.0 Å². The Labute approximate surface area is 145 Å². The van der Waals surface area contributed by atoms with Crippen LogP contribution in [-0.2, 0) is 9.53 Å². The molecule has 0 spiro atoms. The van der Waals surface area contributed by atoms with Crippen molar-refractivity contribution in [3.05, 3.63) is 23.8 Å². The molecule has 0 atom stereocenters. The van der Waals surface area contributed by atoms with E-state index in [2.05, 4.69) is 0 Å². The number of piperidine rings is 1. The lowest BCUT2D eigenvalue weighted by atomic mass is 10.0. The van der Waals surface area contributed by atoms with Gasteiger partial charge in [-0.15, -0.1) is 0 Å². The largest absolute Gasteiger partial charge is 0.496 e. The van der Waals surface area contributed by atoms with E-state index in [4.69, 9.17) is 14.2 Å². The van der Waals surface area contributed by atoms with Gasteiger partial charge in [-0.2, -0.15) is 0 Å². The van der Waals surface area contributed by atoms with E-state index in [9.17, 15) is 14.4 Å². The maximum absolute atomic E-state index is 12.9. The van der Waals surface area contributed by atoms with Gasteiger partial charge in [-0.25, -0.2) is 9.69 Å². The molecule has 0 N–H and O–H groups in total. The van der Waals surface area contributed by atoms with Gasteiger partial charge >= 0.3 is 6.09 Å². The number of hydrogen-bond acceptors (Lipinski definition) is 6. The van der Waals surface area contributed by atoms with Crippen molar-refractivity contribution in [3.63, 3.8) is 0 Å². The minimum absolute atomic E-state index is 0.192. The molecule has 1 aromatic carbocycles. The van der Waals surface area contributed by atoms with Crippen LogP contribution >= 0.6 is 0 Å². The van der Waals surface area contributed by atoms with Gasteiger partial charge in [0.1, 0.15) is 17.1 Å². The van der Waals surface area contributed by atoms with Crippen LogP contribution in [0, 0.1) is 0 Å². The number of hydrogen-bond donors (Lipinski definition) is 0. The van der Waals surface area contributed by atoms with E-state index in [1.807, 2.05) is 0 Å². The first-order valence-electron chi connectivity index (χ1n) is 8.06. The summed E-state index contributed by atoms with van der Waals surface area (Å²) in [6.45, 7) is 0.667. The van der Waals surface area contributed by atoms with Gasteiger partial charge in [0.25, 0.3) is 11.8 Å². The predicted molar refractivity (Wildman–Crippen MR) is 86.7 cm³/mol. The fourth-order valence-corrected chi connectivity index (χ4v) is 3.26. The molecule has 25 heavy (non-hydrogen) atoms. The fourth-order valence-electron chi connectivity index (χ4n) is 3.26. The Kier molecular flexibility index (Phi) is 4.78. The monoisotopic (exact) mass is 348 g/mol. The summed E-state index contributed by atoms with van der Waals surface area (Å²) in [6, 6.07) is 4.94. The smallest absolute Gasteiger partial charge is 0.417 e. The Balaban J connectivity index is 1.72. The highest BCUT2D eigenvalue weighted by molar-refractivity contribution is 6.00. The van der Waals surface area contributed by atoms with Crippen molar-refractivity contribution in [1.82, 2.24) is 9.80 Å². The van der Waals surface area contributed by atoms with E-state index in [-0.39, 0.29) is 24.5 Å². The summed E-state index contributed by atoms with van der Waals surface area (Å²) in [6.07, 6.45) is 0.440. The molecular formula is C17H20N2O6. The average Bonchev–Trinajstić information content (AvgIpc) is 2.98. The molecule has 0 unspecified atom stereocenters. The van der Waals surface area contributed by atoms with Gasteiger partial charge in [0.05, 0.1) is 14.2 Å². The SMILES string of the molecule is COc1cccc(OC)c1C(=O)N1CCC(N2C(=O)COC2=O)CC1. The number of carbonyl (C=O) groups excluding carboxylic acids is 3. The summed E-state index contributed by atoms with van der Waals surface area (Å²) in [7, 11) is 3.00. The molecular weight excluding hydrogens is 328 g/mol. The summed E-state index contributed by atoms with van der Waals surface area (Å²) in [5.41, 5.74) is 0.377. The third-order valence-corrected chi connectivity index (χ3v) is 4.54. The average molecular weight is 348 g/mol. The molecule has 0 saturated carbocycles. The fraction of sp³-hybridized carbons (Fsp3) is 0.471. The second-order valence-electron chi connectivity index (χ2n) is 5.88. The number of ether oxygens (including phenoxy) is 3. The molecule has 1 aromatic rings. The number of likely N-dealkylation sites (tertiary alicyclic amines) is 1. The molecule has 3 rings (SSSR count). The zero-order valence-electron chi connectivity index (χ0n) is 14.2. The Morgan fingerprint density at radius 1 is 1.12 bits per heavy atom. The lowest BCUT2D eigenvalue weighted by Crippen LogP contribution is -2.48. The molecule has 2 fully saturated rings. The number of imide groups is 1. The highest BCUT2D eigenvalue weighted by Gasteiger charge is 2.39. The molecule has 2 heterocycles. The normalized spacial score (nSPS) is 18.3. The van der Waals surface area contributed by atoms with Crippen LogP contribution in [0.25, 0.3) is 0 Å². The number of benzene rings is 1. The van der Waals surface area contributed by atoms with Gasteiger partial charge in [-0.05, 0) is 25.0 Å². The minimum Gasteiger partial charge on any atom is -0.496 e. The molecule has 0 aliphatic carbocycles. The zero-order chi connectivity index (χ0) is 18.0.